The molecule has 3 rings (SSSR count). The third kappa shape index (κ3) is 2.72. The summed E-state index contributed by atoms with van der Waals surface area (Å²) in [5.41, 5.74) is 8.70. The first kappa shape index (κ1) is 13.6. The van der Waals surface area contributed by atoms with Gasteiger partial charge in [0, 0.05) is 38.1 Å². The fourth-order valence-electron chi connectivity index (χ4n) is 3.35. The predicted octanol–water partition coefficient (Wildman–Crippen LogP) is 1.73. The van der Waals surface area contributed by atoms with Crippen LogP contribution in [-0.4, -0.2) is 30.4 Å². The Kier molecular flexibility index (Phi) is 4.03. The lowest BCUT2D eigenvalue weighted by Gasteiger charge is -2.17. The molecule has 0 bridgehead atoms. The third-order valence-corrected chi connectivity index (χ3v) is 4.45. The Morgan fingerprint density at radius 1 is 1.25 bits per heavy atom. The van der Waals surface area contributed by atoms with Crippen molar-refractivity contribution in [1.29, 1.82) is 0 Å². The zero-order chi connectivity index (χ0) is 13.9. The van der Waals surface area contributed by atoms with E-state index in [1.165, 1.54) is 11.1 Å². The van der Waals surface area contributed by atoms with Gasteiger partial charge in [0.1, 0.15) is 0 Å². The van der Waals surface area contributed by atoms with Crippen LogP contribution in [0.1, 0.15) is 48.9 Å². The maximum atomic E-state index is 12.0. The number of hydrogen-bond donors (Lipinski definition) is 2. The highest BCUT2D eigenvalue weighted by Crippen LogP contribution is 2.36. The van der Waals surface area contributed by atoms with E-state index in [2.05, 4.69) is 23.5 Å². The highest BCUT2D eigenvalue weighted by Gasteiger charge is 2.27. The Bertz CT molecular complexity index is 482. The van der Waals surface area contributed by atoms with E-state index in [4.69, 9.17) is 5.73 Å². The maximum absolute atomic E-state index is 12.0. The number of nitrogens with two attached hydrogens (primary N) is 1. The van der Waals surface area contributed by atoms with Gasteiger partial charge in [-0.15, -0.1) is 0 Å². The second-order valence-electron chi connectivity index (χ2n) is 5.82. The van der Waals surface area contributed by atoms with Crippen LogP contribution in [0.5, 0.6) is 0 Å². The van der Waals surface area contributed by atoms with Gasteiger partial charge in [-0.3, -0.25) is 4.79 Å². The molecule has 1 fully saturated rings. The Hall–Kier alpha value is -1.39. The molecule has 0 saturated carbocycles. The molecule has 0 radical (unpaired) electrons. The van der Waals surface area contributed by atoms with Crippen LogP contribution in [0.4, 0.5) is 0 Å². The first-order valence-electron chi connectivity index (χ1n) is 7.61. The molecule has 1 aromatic carbocycles. The molecular weight excluding hydrogens is 250 g/mol. The molecule has 0 aromatic heterocycles. The van der Waals surface area contributed by atoms with Crippen molar-refractivity contribution in [2.24, 2.45) is 5.73 Å². The monoisotopic (exact) mass is 273 g/mol. The lowest BCUT2D eigenvalue weighted by Crippen LogP contribution is -2.31. The molecule has 1 saturated heterocycles. The Balaban J connectivity index is 1.51. The first-order valence-corrected chi connectivity index (χ1v) is 7.61. The van der Waals surface area contributed by atoms with Gasteiger partial charge in [-0.1, -0.05) is 24.3 Å². The van der Waals surface area contributed by atoms with Crippen LogP contribution in [0.3, 0.4) is 0 Å². The van der Waals surface area contributed by atoms with Crippen molar-refractivity contribution in [3.8, 4) is 0 Å². The van der Waals surface area contributed by atoms with Crippen molar-refractivity contribution in [2.45, 2.75) is 37.8 Å². The average Bonchev–Trinajstić information content (AvgIpc) is 3.09. The standard InChI is InChI=1S/C16H23N3O/c17-14-11-15(13-6-2-1-5-12(13)14)18-8-7-16(20)19-9-3-4-10-19/h1-2,5-6,14-15,18H,3-4,7-11,17H2. The van der Waals surface area contributed by atoms with E-state index in [1.54, 1.807) is 0 Å². The molecule has 4 nitrogen and oxygen atoms in total. The minimum absolute atomic E-state index is 0.123. The number of amides is 1. The van der Waals surface area contributed by atoms with E-state index in [-0.39, 0.29) is 11.9 Å². The quantitative estimate of drug-likeness (QED) is 0.878. The number of nitrogens with one attached hydrogen (secondary N) is 1. The number of carbonyl (C=O) groups is 1. The van der Waals surface area contributed by atoms with Crippen LogP contribution in [0.25, 0.3) is 0 Å². The third-order valence-electron chi connectivity index (χ3n) is 4.45. The van der Waals surface area contributed by atoms with Crippen molar-refractivity contribution in [2.75, 3.05) is 19.6 Å². The molecule has 2 aliphatic rings. The lowest BCUT2D eigenvalue weighted by molar-refractivity contribution is -0.130. The summed E-state index contributed by atoms with van der Waals surface area (Å²) in [6.45, 7) is 2.62. The number of carbonyl (C=O) groups excluding carboxylic acids is 1. The van der Waals surface area contributed by atoms with Crippen molar-refractivity contribution in [3.63, 3.8) is 0 Å². The van der Waals surface area contributed by atoms with Crippen molar-refractivity contribution in [1.82, 2.24) is 10.2 Å². The van der Waals surface area contributed by atoms with Gasteiger partial charge in [-0.25, -0.2) is 0 Å². The summed E-state index contributed by atoms with van der Waals surface area (Å²) in [7, 11) is 0. The molecule has 20 heavy (non-hydrogen) atoms. The maximum Gasteiger partial charge on any atom is 0.223 e. The Morgan fingerprint density at radius 2 is 1.95 bits per heavy atom. The number of nitrogens with zero attached hydrogens (tertiary/aromatic N) is 1. The highest BCUT2D eigenvalue weighted by atomic mass is 16.2. The zero-order valence-corrected chi connectivity index (χ0v) is 11.8. The summed E-state index contributed by atoms with van der Waals surface area (Å²) in [5, 5.41) is 3.50. The lowest BCUT2D eigenvalue weighted by atomic mass is 10.1. The summed E-state index contributed by atoms with van der Waals surface area (Å²) in [4.78, 5) is 14.0. The number of rotatable bonds is 4. The largest absolute Gasteiger partial charge is 0.343 e. The van der Waals surface area contributed by atoms with Crippen LogP contribution in [0.15, 0.2) is 24.3 Å². The fourth-order valence-corrected chi connectivity index (χ4v) is 3.35. The number of hydrogen-bond acceptors (Lipinski definition) is 3. The molecule has 3 N–H and O–H groups in total. The van der Waals surface area contributed by atoms with Crippen LogP contribution in [-0.2, 0) is 4.79 Å². The summed E-state index contributed by atoms with van der Waals surface area (Å²) in [6.07, 6.45) is 3.83. The van der Waals surface area contributed by atoms with Crippen LogP contribution < -0.4 is 11.1 Å². The minimum atomic E-state index is 0.123. The molecule has 2 atom stereocenters. The smallest absolute Gasteiger partial charge is 0.223 e. The highest BCUT2D eigenvalue weighted by molar-refractivity contribution is 5.76. The van der Waals surface area contributed by atoms with Crippen LogP contribution >= 0.6 is 0 Å². The first-order chi connectivity index (χ1) is 9.75. The fraction of sp³-hybridized carbons (Fsp3) is 0.562. The van der Waals surface area contributed by atoms with Gasteiger partial charge in [0.05, 0.1) is 0 Å². The molecule has 1 heterocycles. The van der Waals surface area contributed by atoms with Crippen LogP contribution in [0, 0.1) is 0 Å². The number of fused-ring (bicyclic) bond motifs is 1. The topological polar surface area (TPSA) is 58.4 Å². The zero-order valence-electron chi connectivity index (χ0n) is 11.8. The van der Waals surface area contributed by atoms with Crippen LogP contribution in [0.2, 0.25) is 0 Å². The minimum Gasteiger partial charge on any atom is -0.343 e. The normalized spacial score (nSPS) is 24.9. The molecular formula is C16H23N3O. The summed E-state index contributed by atoms with van der Waals surface area (Å²) in [5.74, 6) is 0.283. The van der Waals surface area contributed by atoms with E-state index in [0.29, 0.717) is 12.5 Å². The molecule has 1 aromatic rings. The van der Waals surface area contributed by atoms with Gasteiger partial charge in [-0.05, 0) is 30.4 Å². The second kappa shape index (κ2) is 5.94. The molecule has 0 spiro atoms. The summed E-state index contributed by atoms with van der Waals surface area (Å²) in [6, 6.07) is 8.77. The second-order valence-corrected chi connectivity index (χ2v) is 5.82. The molecule has 4 heteroatoms. The number of likely N-dealkylation sites (tertiary alicyclic amines) is 1. The van der Waals surface area contributed by atoms with Crippen molar-refractivity contribution >= 4 is 5.91 Å². The average molecular weight is 273 g/mol. The van der Waals surface area contributed by atoms with Gasteiger partial charge in [0.15, 0.2) is 0 Å². The van der Waals surface area contributed by atoms with E-state index in [1.807, 2.05) is 11.0 Å². The van der Waals surface area contributed by atoms with E-state index >= 15 is 0 Å². The Labute approximate surface area is 120 Å². The van der Waals surface area contributed by atoms with E-state index in [0.717, 1.165) is 38.9 Å². The van der Waals surface area contributed by atoms with Crippen molar-refractivity contribution in [3.05, 3.63) is 35.4 Å². The van der Waals surface area contributed by atoms with Gasteiger partial charge in [0.25, 0.3) is 0 Å². The van der Waals surface area contributed by atoms with Gasteiger partial charge in [0.2, 0.25) is 5.91 Å². The summed E-state index contributed by atoms with van der Waals surface area (Å²) >= 11 is 0. The molecule has 1 amide bonds. The summed E-state index contributed by atoms with van der Waals surface area (Å²) < 4.78 is 0. The Morgan fingerprint density at radius 3 is 2.70 bits per heavy atom. The van der Waals surface area contributed by atoms with Crippen molar-refractivity contribution < 1.29 is 4.79 Å². The molecule has 1 aliphatic heterocycles. The van der Waals surface area contributed by atoms with E-state index < -0.39 is 0 Å². The molecule has 108 valence electrons. The van der Waals surface area contributed by atoms with E-state index in [9.17, 15) is 4.79 Å². The molecule has 1 aliphatic carbocycles. The molecule has 2 unspecified atom stereocenters. The van der Waals surface area contributed by atoms with Gasteiger partial charge >= 0.3 is 0 Å². The van der Waals surface area contributed by atoms with Gasteiger partial charge < -0.3 is 16.0 Å². The van der Waals surface area contributed by atoms with Gasteiger partial charge in [-0.2, -0.15) is 0 Å². The predicted molar refractivity (Wildman–Crippen MR) is 79.2 cm³/mol. The number of benzene rings is 1. The SMILES string of the molecule is NC1CC(NCCC(=O)N2CCCC2)c2ccccc21.